The number of anilines is 1. The van der Waals surface area contributed by atoms with Crippen molar-refractivity contribution in [3.05, 3.63) is 65.0 Å². The highest BCUT2D eigenvalue weighted by Gasteiger charge is 2.24. The molecule has 1 aliphatic heterocycles. The molecule has 2 aromatic rings. The normalized spacial score (nSPS) is 13.5. The Hall–Kier alpha value is -2.89. The number of carbonyl (C=O) groups excluding carboxylic acids is 2. The quantitative estimate of drug-likeness (QED) is 0.844. The van der Waals surface area contributed by atoms with Crippen molar-refractivity contribution in [3.63, 3.8) is 0 Å². The van der Waals surface area contributed by atoms with Gasteiger partial charge in [-0.15, -0.1) is 0 Å². The maximum Gasteiger partial charge on any atom is 0.319 e. The third-order valence-electron chi connectivity index (χ3n) is 4.77. The Balaban J connectivity index is 1.63. The van der Waals surface area contributed by atoms with Gasteiger partial charge in [-0.1, -0.05) is 30.3 Å². The zero-order valence-electron chi connectivity index (χ0n) is 15.4. The third kappa shape index (κ3) is 4.64. The second-order valence-electron chi connectivity index (χ2n) is 6.72. The van der Waals surface area contributed by atoms with E-state index in [4.69, 9.17) is 0 Å². The summed E-state index contributed by atoms with van der Waals surface area (Å²) >= 11 is 0. The van der Waals surface area contributed by atoms with Crippen LogP contribution in [0.1, 0.15) is 34.3 Å². The van der Waals surface area contributed by atoms with E-state index in [0.29, 0.717) is 29.8 Å². The zero-order chi connectivity index (χ0) is 19.2. The van der Waals surface area contributed by atoms with Gasteiger partial charge in [-0.3, -0.25) is 4.79 Å². The number of nitrogens with zero attached hydrogens (tertiary/aromatic N) is 1. The van der Waals surface area contributed by atoms with Gasteiger partial charge in [0.2, 0.25) is 0 Å². The van der Waals surface area contributed by atoms with E-state index in [1.165, 1.54) is 6.07 Å². The summed E-state index contributed by atoms with van der Waals surface area (Å²) in [4.78, 5) is 26.9. The number of nitrogens with one attached hydrogen (secondary N) is 2. The zero-order valence-corrected chi connectivity index (χ0v) is 15.4. The highest BCUT2D eigenvalue weighted by atomic mass is 19.1. The van der Waals surface area contributed by atoms with Crippen molar-refractivity contribution >= 4 is 17.6 Å². The lowest BCUT2D eigenvalue weighted by Gasteiger charge is -2.20. The number of hydrogen-bond acceptors (Lipinski definition) is 2. The van der Waals surface area contributed by atoms with Gasteiger partial charge in [0.1, 0.15) is 5.82 Å². The number of likely N-dealkylation sites (tertiary alicyclic amines) is 1. The van der Waals surface area contributed by atoms with Crippen molar-refractivity contribution in [1.29, 1.82) is 0 Å². The molecule has 0 aliphatic carbocycles. The van der Waals surface area contributed by atoms with Crippen LogP contribution >= 0.6 is 0 Å². The molecule has 0 aromatic heterocycles. The molecule has 0 atom stereocenters. The van der Waals surface area contributed by atoms with Crippen LogP contribution in [0.25, 0.3) is 0 Å². The lowest BCUT2D eigenvalue weighted by Crippen LogP contribution is -2.33. The predicted octanol–water partition coefficient (Wildman–Crippen LogP) is 3.73. The maximum absolute atomic E-state index is 13.6. The Morgan fingerprint density at radius 1 is 1.07 bits per heavy atom. The number of aryl methyl sites for hydroxylation is 1. The summed E-state index contributed by atoms with van der Waals surface area (Å²) < 4.78 is 13.6. The van der Waals surface area contributed by atoms with Crippen LogP contribution in [-0.2, 0) is 6.42 Å². The molecule has 6 heteroatoms. The van der Waals surface area contributed by atoms with Crippen LogP contribution in [0, 0.1) is 12.7 Å². The van der Waals surface area contributed by atoms with Crippen molar-refractivity contribution in [2.45, 2.75) is 26.2 Å². The van der Waals surface area contributed by atoms with Crippen molar-refractivity contribution < 1.29 is 14.0 Å². The molecule has 3 amide bonds. The van der Waals surface area contributed by atoms with Crippen molar-refractivity contribution in [2.24, 2.45) is 0 Å². The molecule has 27 heavy (non-hydrogen) atoms. The van der Waals surface area contributed by atoms with Crippen molar-refractivity contribution in [1.82, 2.24) is 10.2 Å². The first-order chi connectivity index (χ1) is 13.1. The minimum absolute atomic E-state index is 0.0488. The first-order valence-electron chi connectivity index (χ1n) is 9.23. The molecule has 0 bridgehead atoms. The Labute approximate surface area is 158 Å². The molecular formula is C21H24FN3O2. The van der Waals surface area contributed by atoms with Crippen LogP contribution < -0.4 is 10.6 Å². The van der Waals surface area contributed by atoms with E-state index in [2.05, 4.69) is 10.6 Å². The van der Waals surface area contributed by atoms with Gasteiger partial charge in [0.05, 0.1) is 11.3 Å². The lowest BCUT2D eigenvalue weighted by atomic mass is 10.1. The fraction of sp³-hybridized carbons (Fsp3) is 0.333. The Morgan fingerprint density at radius 3 is 2.56 bits per heavy atom. The molecule has 0 radical (unpaired) electrons. The summed E-state index contributed by atoms with van der Waals surface area (Å²) in [7, 11) is 0. The first kappa shape index (κ1) is 18.9. The van der Waals surface area contributed by atoms with E-state index < -0.39 is 6.03 Å². The number of rotatable bonds is 5. The number of hydrogen-bond donors (Lipinski definition) is 2. The summed E-state index contributed by atoms with van der Waals surface area (Å²) in [5.41, 5.74) is 2.41. The molecule has 3 rings (SSSR count). The van der Waals surface area contributed by atoms with Crippen molar-refractivity contribution in [3.8, 4) is 0 Å². The molecule has 1 fully saturated rings. The molecular weight excluding hydrogens is 345 g/mol. The standard InChI is InChI=1S/C21H24FN3O2/c1-15-7-6-10-18(19(15)20(26)25-13-4-5-14-25)24-21(27)23-12-11-16-8-2-3-9-17(16)22/h2-3,6-10H,4-5,11-14H2,1H3,(H2,23,24,27). The lowest BCUT2D eigenvalue weighted by molar-refractivity contribution is 0.0793. The number of halogens is 1. The predicted molar refractivity (Wildman–Crippen MR) is 103 cm³/mol. The van der Waals surface area contributed by atoms with Crippen LogP contribution in [0.15, 0.2) is 42.5 Å². The average molecular weight is 369 g/mol. The van der Waals surface area contributed by atoms with Gasteiger partial charge in [0.25, 0.3) is 5.91 Å². The summed E-state index contributed by atoms with van der Waals surface area (Å²) in [5, 5.41) is 5.49. The van der Waals surface area contributed by atoms with E-state index in [0.717, 1.165) is 31.5 Å². The van der Waals surface area contributed by atoms with Gasteiger partial charge in [0, 0.05) is 19.6 Å². The summed E-state index contributed by atoms with van der Waals surface area (Å²) in [6.07, 6.45) is 2.42. The molecule has 0 spiro atoms. The Kier molecular flexibility index (Phi) is 6.06. The summed E-state index contributed by atoms with van der Waals surface area (Å²) in [6.45, 7) is 3.67. The molecule has 2 aromatic carbocycles. The Morgan fingerprint density at radius 2 is 1.81 bits per heavy atom. The monoisotopic (exact) mass is 369 g/mol. The van der Waals surface area contributed by atoms with Gasteiger partial charge in [-0.2, -0.15) is 0 Å². The van der Waals surface area contributed by atoms with E-state index in [1.807, 2.05) is 24.0 Å². The second-order valence-corrected chi connectivity index (χ2v) is 6.72. The average Bonchev–Trinajstić information content (AvgIpc) is 3.18. The minimum atomic E-state index is -0.410. The van der Waals surface area contributed by atoms with Gasteiger partial charge >= 0.3 is 6.03 Å². The van der Waals surface area contributed by atoms with E-state index in [-0.39, 0.29) is 11.7 Å². The minimum Gasteiger partial charge on any atom is -0.339 e. The summed E-state index contributed by atoms with van der Waals surface area (Å²) in [6, 6.07) is 11.5. The van der Waals surface area contributed by atoms with Crippen LogP contribution in [0.3, 0.4) is 0 Å². The molecule has 2 N–H and O–H groups in total. The van der Waals surface area contributed by atoms with Gasteiger partial charge in [0.15, 0.2) is 0 Å². The van der Waals surface area contributed by atoms with Gasteiger partial charge in [-0.05, 0) is 49.4 Å². The fourth-order valence-electron chi connectivity index (χ4n) is 3.31. The smallest absolute Gasteiger partial charge is 0.319 e. The number of amides is 3. The topological polar surface area (TPSA) is 61.4 Å². The van der Waals surface area contributed by atoms with Crippen LogP contribution in [0.5, 0.6) is 0 Å². The molecule has 5 nitrogen and oxygen atoms in total. The summed E-state index contributed by atoms with van der Waals surface area (Å²) in [5.74, 6) is -0.329. The van der Waals surface area contributed by atoms with E-state index in [9.17, 15) is 14.0 Å². The largest absolute Gasteiger partial charge is 0.339 e. The van der Waals surface area contributed by atoms with Crippen LogP contribution in [-0.4, -0.2) is 36.5 Å². The van der Waals surface area contributed by atoms with Gasteiger partial charge < -0.3 is 15.5 Å². The maximum atomic E-state index is 13.6. The highest BCUT2D eigenvalue weighted by molar-refractivity contribution is 6.04. The third-order valence-corrected chi connectivity index (χ3v) is 4.77. The SMILES string of the molecule is Cc1cccc(NC(=O)NCCc2ccccc2F)c1C(=O)N1CCCC1. The first-order valence-corrected chi connectivity index (χ1v) is 9.23. The second kappa shape index (κ2) is 8.66. The van der Waals surface area contributed by atoms with Crippen molar-refractivity contribution in [2.75, 3.05) is 25.0 Å². The van der Waals surface area contributed by atoms with E-state index >= 15 is 0 Å². The molecule has 0 saturated carbocycles. The van der Waals surface area contributed by atoms with Crippen LogP contribution in [0.2, 0.25) is 0 Å². The molecule has 1 heterocycles. The molecule has 1 saturated heterocycles. The van der Waals surface area contributed by atoms with Gasteiger partial charge in [-0.25, -0.2) is 9.18 Å². The Bertz CT molecular complexity index is 832. The number of benzene rings is 2. The number of carbonyl (C=O) groups is 2. The van der Waals surface area contributed by atoms with Crippen LogP contribution in [0.4, 0.5) is 14.9 Å². The molecule has 142 valence electrons. The number of urea groups is 1. The van der Waals surface area contributed by atoms with E-state index in [1.54, 1.807) is 24.3 Å². The fourth-order valence-corrected chi connectivity index (χ4v) is 3.31. The molecule has 1 aliphatic rings. The highest BCUT2D eigenvalue weighted by Crippen LogP contribution is 2.23. The molecule has 0 unspecified atom stereocenters.